The molecule has 11 rings (SSSR count). The lowest BCUT2D eigenvalue weighted by atomic mass is 9.73. The van der Waals surface area contributed by atoms with Crippen LogP contribution in [0.4, 0.5) is 0 Å². The highest BCUT2D eigenvalue weighted by Gasteiger charge is 2.60. The van der Waals surface area contributed by atoms with E-state index in [1.165, 1.54) is 69.6 Å². The van der Waals surface area contributed by atoms with Gasteiger partial charge in [-0.15, -0.1) is 23.1 Å². The summed E-state index contributed by atoms with van der Waals surface area (Å²) in [5.41, 5.74) is 6.84. The van der Waals surface area contributed by atoms with Crippen LogP contribution < -0.4 is 0 Å². The van der Waals surface area contributed by atoms with E-state index in [0.717, 1.165) is 11.4 Å². The maximum absolute atomic E-state index is 5.81. The van der Waals surface area contributed by atoms with Gasteiger partial charge in [-0.3, -0.25) is 0 Å². The predicted molar refractivity (Wildman–Crippen MR) is 221 cm³/mol. The van der Waals surface area contributed by atoms with Gasteiger partial charge >= 0.3 is 0 Å². The van der Waals surface area contributed by atoms with Gasteiger partial charge in [0.05, 0.1) is 21.5 Å². The molecule has 2 aromatic heterocycles. The van der Waals surface area contributed by atoms with Crippen LogP contribution in [0.5, 0.6) is 0 Å². The molecule has 6 aromatic carbocycles. The monoisotopic (exact) mass is 691 g/mol. The van der Waals surface area contributed by atoms with E-state index in [4.69, 9.17) is 9.98 Å². The molecular weight excluding hydrogens is 659 g/mol. The Morgan fingerprint density at radius 3 is 2.22 bits per heavy atom. The second-order valence-corrected chi connectivity index (χ2v) is 17.0. The Hall–Kier alpha value is -5.23. The lowest BCUT2D eigenvalue weighted by Crippen LogP contribution is -2.46. The van der Waals surface area contributed by atoms with Gasteiger partial charge in [-0.2, -0.15) is 0 Å². The first-order valence-electron chi connectivity index (χ1n) is 17.6. The van der Waals surface area contributed by atoms with Crippen LogP contribution >= 0.6 is 23.1 Å². The van der Waals surface area contributed by atoms with Gasteiger partial charge < -0.3 is 4.57 Å². The molecule has 4 unspecified atom stereocenters. The van der Waals surface area contributed by atoms with E-state index < -0.39 is 4.75 Å². The van der Waals surface area contributed by atoms with Crippen molar-refractivity contribution in [2.45, 2.75) is 30.0 Å². The molecule has 51 heavy (non-hydrogen) atoms. The Morgan fingerprint density at radius 2 is 1.35 bits per heavy atom. The fraction of sp³-hybridized carbons (Fsp3) is 0.130. The number of para-hydroxylation sites is 1. The van der Waals surface area contributed by atoms with Crippen LogP contribution in [-0.4, -0.2) is 26.1 Å². The minimum atomic E-state index is -0.405. The number of thioether (sulfide) groups is 1. The molecule has 1 fully saturated rings. The van der Waals surface area contributed by atoms with Crippen molar-refractivity contribution in [3.8, 4) is 11.1 Å². The van der Waals surface area contributed by atoms with Crippen LogP contribution in [0.25, 0.3) is 63.9 Å². The average molecular weight is 692 g/mol. The number of hydrogen-bond acceptors (Lipinski definition) is 4. The molecule has 2 aliphatic heterocycles. The lowest BCUT2D eigenvalue weighted by molar-refractivity contribution is 0.482. The maximum atomic E-state index is 5.81. The van der Waals surface area contributed by atoms with E-state index in [2.05, 4.69) is 170 Å². The van der Waals surface area contributed by atoms with E-state index >= 15 is 0 Å². The summed E-state index contributed by atoms with van der Waals surface area (Å²) in [6.45, 7) is 4.77. The standard InChI is InChI=1S/C46H33N3S2/c1-45-26-13-12-25-37(45)51-46(2)43(45)47-42(30-18-14-17-29(27-30)28-15-4-3-5-16-28)48-44(46)49-35-23-10-8-21-33(35)38-31-19-6-7-20-32(31)41-39(40(38)49)34-22-9-11-24-36(34)50-41/h3-27,37,44H,1-2H3. The number of amidine groups is 1. The predicted octanol–water partition coefficient (Wildman–Crippen LogP) is 12.4. The molecule has 0 saturated carbocycles. The molecule has 244 valence electrons. The van der Waals surface area contributed by atoms with Gasteiger partial charge in [0.25, 0.3) is 0 Å². The van der Waals surface area contributed by atoms with Crippen LogP contribution in [0, 0.1) is 5.41 Å². The molecule has 0 amide bonds. The molecule has 0 radical (unpaired) electrons. The molecule has 3 aliphatic rings. The Morgan fingerprint density at radius 1 is 0.647 bits per heavy atom. The number of hydrogen-bond donors (Lipinski definition) is 0. The lowest BCUT2D eigenvalue weighted by Gasteiger charge is -2.38. The molecule has 3 nitrogen and oxygen atoms in total. The smallest absolute Gasteiger partial charge is 0.156 e. The fourth-order valence-electron chi connectivity index (χ4n) is 9.05. The van der Waals surface area contributed by atoms with Crippen molar-refractivity contribution in [3.63, 3.8) is 0 Å². The van der Waals surface area contributed by atoms with Gasteiger partial charge in [0.15, 0.2) is 5.84 Å². The third-order valence-electron chi connectivity index (χ3n) is 11.4. The maximum Gasteiger partial charge on any atom is 0.156 e. The minimum Gasteiger partial charge on any atom is -0.315 e. The summed E-state index contributed by atoms with van der Waals surface area (Å²) in [5, 5.41) is 8.06. The third-order valence-corrected chi connectivity index (χ3v) is 14.4. The SMILES string of the molecule is CC12C=CC=CC1SC1(C)C2=NC(c2cccc(-c3ccccc3)c2)=NC1n1c2ccccc2c2c3ccccc3c3sc4ccccc4c3c21. The van der Waals surface area contributed by atoms with Crippen molar-refractivity contribution in [2.24, 2.45) is 15.4 Å². The van der Waals surface area contributed by atoms with Crippen molar-refractivity contribution in [3.05, 3.63) is 157 Å². The van der Waals surface area contributed by atoms with Gasteiger partial charge in [-0.05, 0) is 48.6 Å². The molecule has 1 saturated heterocycles. The first-order valence-corrected chi connectivity index (χ1v) is 19.3. The Balaban J connectivity index is 1.28. The molecule has 0 bridgehead atoms. The summed E-state index contributed by atoms with van der Waals surface area (Å²) in [6.07, 6.45) is 8.90. The van der Waals surface area contributed by atoms with Crippen molar-refractivity contribution in [1.82, 2.24) is 4.57 Å². The molecular formula is C46H33N3S2. The van der Waals surface area contributed by atoms with Crippen molar-refractivity contribution in [2.75, 3.05) is 0 Å². The normalized spacial score (nSPS) is 24.0. The number of aromatic nitrogens is 1. The highest BCUT2D eigenvalue weighted by Crippen LogP contribution is 2.61. The quantitative estimate of drug-likeness (QED) is 0.181. The van der Waals surface area contributed by atoms with Gasteiger partial charge in [0, 0.05) is 52.6 Å². The first kappa shape index (κ1) is 29.5. The third kappa shape index (κ3) is 4.02. The molecule has 4 heterocycles. The summed E-state index contributed by atoms with van der Waals surface area (Å²) in [4.78, 5) is 11.4. The zero-order chi connectivity index (χ0) is 33.9. The van der Waals surface area contributed by atoms with Gasteiger partial charge in [-0.25, -0.2) is 9.98 Å². The highest BCUT2D eigenvalue weighted by molar-refractivity contribution is 8.02. The van der Waals surface area contributed by atoms with Gasteiger partial charge in [0.1, 0.15) is 6.17 Å². The van der Waals surface area contributed by atoms with E-state index in [-0.39, 0.29) is 16.8 Å². The topological polar surface area (TPSA) is 29.6 Å². The molecule has 0 spiro atoms. The highest BCUT2D eigenvalue weighted by atomic mass is 32.2. The average Bonchev–Trinajstić information content (AvgIpc) is 3.80. The number of nitrogens with zero attached hydrogens (tertiary/aromatic N) is 3. The van der Waals surface area contributed by atoms with Crippen LogP contribution in [-0.2, 0) is 0 Å². The van der Waals surface area contributed by atoms with E-state index in [0.29, 0.717) is 0 Å². The largest absolute Gasteiger partial charge is 0.315 e. The molecule has 1 aliphatic carbocycles. The Kier molecular flexibility index (Phi) is 6.16. The van der Waals surface area contributed by atoms with Crippen molar-refractivity contribution < 1.29 is 0 Å². The Bertz CT molecular complexity index is 2890. The van der Waals surface area contributed by atoms with E-state index in [9.17, 15) is 0 Å². The summed E-state index contributed by atoms with van der Waals surface area (Å²) in [7, 11) is 0. The van der Waals surface area contributed by atoms with Gasteiger partial charge in [0.2, 0.25) is 0 Å². The molecule has 8 aromatic rings. The molecule has 5 heteroatoms. The minimum absolute atomic E-state index is 0.236. The number of thiophene rings is 1. The summed E-state index contributed by atoms with van der Waals surface area (Å²) >= 11 is 3.93. The molecule has 0 N–H and O–H groups in total. The van der Waals surface area contributed by atoms with Crippen LogP contribution in [0.1, 0.15) is 25.6 Å². The van der Waals surface area contributed by atoms with Crippen molar-refractivity contribution in [1.29, 1.82) is 0 Å². The van der Waals surface area contributed by atoms with E-state index in [1.54, 1.807) is 0 Å². The summed E-state index contributed by atoms with van der Waals surface area (Å²) in [6, 6.07) is 46.3. The second-order valence-electron chi connectivity index (χ2n) is 14.4. The number of benzene rings is 6. The van der Waals surface area contributed by atoms with Gasteiger partial charge in [-0.1, -0.05) is 133 Å². The van der Waals surface area contributed by atoms with Crippen LogP contribution in [0.2, 0.25) is 0 Å². The van der Waals surface area contributed by atoms with E-state index in [1.807, 2.05) is 23.1 Å². The number of fused-ring (bicyclic) bond motifs is 13. The van der Waals surface area contributed by atoms with Crippen molar-refractivity contribution >= 4 is 87.4 Å². The van der Waals surface area contributed by atoms with Crippen LogP contribution in [0.3, 0.4) is 0 Å². The zero-order valence-electron chi connectivity index (χ0n) is 28.2. The molecule has 4 atom stereocenters. The zero-order valence-corrected chi connectivity index (χ0v) is 29.9. The fourth-order valence-corrected chi connectivity index (χ4v) is 12.1. The Labute approximate surface area is 304 Å². The number of aliphatic imine (C=N–C) groups is 2. The first-order chi connectivity index (χ1) is 25.0. The number of allylic oxidation sites excluding steroid dienone is 3. The summed E-state index contributed by atoms with van der Waals surface area (Å²) < 4.78 is 4.85. The number of rotatable bonds is 3. The summed E-state index contributed by atoms with van der Waals surface area (Å²) in [5.74, 6) is 0.800. The second kappa shape index (κ2) is 10.6. The van der Waals surface area contributed by atoms with Crippen LogP contribution in [0.15, 0.2) is 162 Å².